The van der Waals surface area contributed by atoms with Crippen molar-refractivity contribution in [2.24, 2.45) is 5.73 Å². The SMILES string of the molecule is CCC(C=O)NC(=O)OC(C)(C)C.CC[C@](N)(C=O)C(=O)OC(C)(C)C. The lowest BCUT2D eigenvalue weighted by Gasteiger charge is -2.26. The van der Waals surface area contributed by atoms with Gasteiger partial charge in [-0.25, -0.2) is 9.59 Å². The molecule has 0 heterocycles. The normalized spacial score (nSPS) is 14.7. The third kappa shape index (κ3) is 12.4. The van der Waals surface area contributed by atoms with Crippen molar-refractivity contribution in [1.29, 1.82) is 0 Å². The van der Waals surface area contributed by atoms with E-state index >= 15 is 0 Å². The summed E-state index contributed by atoms with van der Waals surface area (Å²) in [4.78, 5) is 43.4. The number of ether oxygens (including phenoxy) is 2. The van der Waals surface area contributed by atoms with E-state index in [9.17, 15) is 19.2 Å². The Kier molecular flexibility index (Phi) is 11.0. The molecule has 0 saturated heterocycles. The summed E-state index contributed by atoms with van der Waals surface area (Å²) in [5.41, 5.74) is 2.88. The maximum absolute atomic E-state index is 11.4. The molecule has 0 rings (SSSR count). The number of alkyl carbamates (subject to hydrolysis) is 1. The Morgan fingerprint density at radius 1 is 1.00 bits per heavy atom. The molecule has 8 nitrogen and oxygen atoms in total. The number of carbonyl (C=O) groups excluding carboxylic acids is 4. The van der Waals surface area contributed by atoms with Crippen molar-refractivity contribution >= 4 is 24.6 Å². The van der Waals surface area contributed by atoms with Crippen LogP contribution >= 0.6 is 0 Å². The molecule has 8 heteroatoms. The zero-order valence-corrected chi connectivity index (χ0v) is 17.2. The van der Waals surface area contributed by atoms with Crippen molar-refractivity contribution in [2.75, 3.05) is 0 Å². The second-order valence-electron chi connectivity index (χ2n) is 7.81. The highest BCUT2D eigenvalue weighted by atomic mass is 16.6. The van der Waals surface area contributed by atoms with E-state index in [1.807, 2.05) is 6.92 Å². The van der Waals surface area contributed by atoms with Gasteiger partial charge in [-0.1, -0.05) is 13.8 Å². The Morgan fingerprint density at radius 3 is 1.73 bits per heavy atom. The molecule has 0 aliphatic rings. The van der Waals surface area contributed by atoms with Crippen LogP contribution in [0.5, 0.6) is 0 Å². The van der Waals surface area contributed by atoms with Gasteiger partial charge in [0.1, 0.15) is 17.5 Å². The van der Waals surface area contributed by atoms with Gasteiger partial charge in [-0.15, -0.1) is 0 Å². The standard InChI is InChI=1S/2C9H17NO3/c1-5-9(10,6-11)7(12)13-8(2,3)4;1-5-7(6-11)10-8(12)13-9(2,3)4/h6H,5,10H2,1-4H3;6-7H,5H2,1-4H3,(H,10,12)/t9-;/m0./s1. The summed E-state index contributed by atoms with van der Waals surface area (Å²) < 4.78 is 9.95. The number of hydrogen-bond acceptors (Lipinski definition) is 7. The van der Waals surface area contributed by atoms with E-state index in [0.29, 0.717) is 19.0 Å². The largest absolute Gasteiger partial charge is 0.458 e. The number of nitrogens with one attached hydrogen (secondary N) is 1. The Bertz CT molecular complexity index is 479. The summed E-state index contributed by atoms with van der Waals surface area (Å²) in [5.74, 6) is -0.669. The minimum atomic E-state index is -1.49. The van der Waals surface area contributed by atoms with Gasteiger partial charge in [0.2, 0.25) is 0 Å². The molecule has 0 aliphatic carbocycles. The lowest BCUT2D eigenvalue weighted by molar-refractivity contribution is -0.162. The van der Waals surface area contributed by atoms with Crippen LogP contribution in [0.2, 0.25) is 0 Å². The van der Waals surface area contributed by atoms with Crippen molar-refractivity contribution in [2.45, 2.75) is 91.0 Å². The lowest BCUT2D eigenvalue weighted by atomic mass is 10.00. The fourth-order valence-electron chi connectivity index (χ4n) is 1.34. The molecule has 0 saturated carbocycles. The van der Waals surface area contributed by atoms with Crippen molar-refractivity contribution in [1.82, 2.24) is 5.32 Å². The molecule has 0 spiro atoms. The van der Waals surface area contributed by atoms with Crippen molar-refractivity contribution in [3.63, 3.8) is 0 Å². The van der Waals surface area contributed by atoms with Gasteiger partial charge in [-0.3, -0.25) is 0 Å². The molecular formula is C18H34N2O6. The first-order valence-corrected chi connectivity index (χ1v) is 8.57. The van der Waals surface area contributed by atoms with E-state index in [1.165, 1.54) is 0 Å². The van der Waals surface area contributed by atoms with Gasteiger partial charge in [-0.2, -0.15) is 0 Å². The molecule has 0 fully saturated rings. The number of carbonyl (C=O) groups is 4. The van der Waals surface area contributed by atoms with Gasteiger partial charge in [-0.05, 0) is 54.4 Å². The molecule has 1 amide bonds. The summed E-state index contributed by atoms with van der Waals surface area (Å²) in [7, 11) is 0. The molecule has 0 aromatic rings. The van der Waals surface area contributed by atoms with E-state index in [-0.39, 0.29) is 6.42 Å². The van der Waals surface area contributed by atoms with Crippen LogP contribution in [0.15, 0.2) is 0 Å². The van der Waals surface area contributed by atoms with Gasteiger partial charge in [0.25, 0.3) is 0 Å². The fourth-order valence-corrected chi connectivity index (χ4v) is 1.34. The third-order valence-corrected chi connectivity index (χ3v) is 2.88. The summed E-state index contributed by atoms with van der Waals surface area (Å²) in [6, 6.07) is -0.449. The first-order chi connectivity index (χ1) is 11.6. The van der Waals surface area contributed by atoms with Gasteiger partial charge in [0.05, 0.1) is 6.04 Å². The van der Waals surface area contributed by atoms with Gasteiger partial charge < -0.3 is 30.1 Å². The van der Waals surface area contributed by atoms with Crippen molar-refractivity contribution in [3.8, 4) is 0 Å². The predicted octanol–water partition coefficient (Wildman–Crippen LogP) is 2.12. The summed E-state index contributed by atoms with van der Waals surface area (Å²) in [6.45, 7) is 14.0. The Morgan fingerprint density at radius 2 is 1.46 bits per heavy atom. The predicted molar refractivity (Wildman–Crippen MR) is 98.6 cm³/mol. The Hall–Kier alpha value is -1.96. The molecule has 0 aromatic heterocycles. The number of esters is 1. The van der Waals surface area contributed by atoms with E-state index in [2.05, 4.69) is 5.32 Å². The molecule has 0 radical (unpaired) electrons. The maximum Gasteiger partial charge on any atom is 0.408 e. The first-order valence-electron chi connectivity index (χ1n) is 8.57. The van der Waals surface area contributed by atoms with Crippen LogP contribution in [-0.4, -0.2) is 47.4 Å². The first kappa shape index (κ1) is 26.3. The summed E-state index contributed by atoms with van der Waals surface area (Å²) in [6.07, 6.45) is 1.39. The third-order valence-electron chi connectivity index (χ3n) is 2.88. The maximum atomic E-state index is 11.4. The van der Waals surface area contributed by atoms with Crippen LogP contribution in [0.3, 0.4) is 0 Å². The van der Waals surface area contributed by atoms with E-state index < -0.39 is 34.8 Å². The van der Waals surface area contributed by atoms with Crippen LogP contribution in [-0.2, 0) is 23.9 Å². The molecule has 2 atom stereocenters. The summed E-state index contributed by atoms with van der Waals surface area (Å²) >= 11 is 0. The number of hydrogen-bond donors (Lipinski definition) is 2. The van der Waals surface area contributed by atoms with E-state index in [0.717, 1.165) is 0 Å². The highest BCUT2D eigenvalue weighted by molar-refractivity contribution is 5.97. The lowest BCUT2D eigenvalue weighted by Crippen LogP contribution is -2.52. The molecule has 152 valence electrons. The van der Waals surface area contributed by atoms with Crippen LogP contribution in [0.4, 0.5) is 4.79 Å². The zero-order chi connectivity index (χ0) is 21.2. The number of nitrogens with two attached hydrogens (primary N) is 1. The molecule has 26 heavy (non-hydrogen) atoms. The number of amides is 1. The Labute approximate surface area is 156 Å². The van der Waals surface area contributed by atoms with Crippen LogP contribution in [0.25, 0.3) is 0 Å². The smallest absolute Gasteiger partial charge is 0.408 e. The minimum Gasteiger partial charge on any atom is -0.458 e. The van der Waals surface area contributed by atoms with E-state index in [1.54, 1.807) is 48.5 Å². The zero-order valence-electron chi connectivity index (χ0n) is 17.2. The van der Waals surface area contributed by atoms with E-state index in [4.69, 9.17) is 15.2 Å². The fraction of sp³-hybridized carbons (Fsp3) is 0.778. The van der Waals surface area contributed by atoms with Gasteiger partial charge in [0, 0.05) is 0 Å². The van der Waals surface area contributed by atoms with Crippen LogP contribution < -0.4 is 11.1 Å². The second kappa shape index (κ2) is 10.9. The monoisotopic (exact) mass is 374 g/mol. The highest BCUT2D eigenvalue weighted by Crippen LogP contribution is 2.13. The van der Waals surface area contributed by atoms with Crippen LogP contribution in [0, 0.1) is 0 Å². The molecule has 0 aliphatic heterocycles. The number of aldehydes is 2. The summed E-state index contributed by atoms with van der Waals surface area (Å²) in [5, 5.41) is 2.44. The van der Waals surface area contributed by atoms with Gasteiger partial charge in [0.15, 0.2) is 11.8 Å². The van der Waals surface area contributed by atoms with Crippen molar-refractivity contribution in [3.05, 3.63) is 0 Å². The second-order valence-corrected chi connectivity index (χ2v) is 7.81. The Balaban J connectivity index is 0. The molecule has 0 bridgehead atoms. The quantitative estimate of drug-likeness (QED) is 0.414. The van der Waals surface area contributed by atoms with Gasteiger partial charge >= 0.3 is 12.1 Å². The average Bonchev–Trinajstić information content (AvgIpc) is 2.48. The minimum absolute atomic E-state index is 0.241. The number of rotatable bonds is 6. The molecular weight excluding hydrogens is 340 g/mol. The molecule has 0 aromatic carbocycles. The van der Waals surface area contributed by atoms with Crippen LogP contribution in [0.1, 0.15) is 68.2 Å². The molecule has 3 N–H and O–H groups in total. The molecule has 1 unspecified atom stereocenters. The highest BCUT2D eigenvalue weighted by Gasteiger charge is 2.35. The topological polar surface area (TPSA) is 125 Å². The average molecular weight is 374 g/mol. The van der Waals surface area contributed by atoms with Crippen molar-refractivity contribution < 1.29 is 28.7 Å².